The van der Waals surface area contributed by atoms with E-state index in [-0.39, 0.29) is 12.6 Å². The van der Waals surface area contributed by atoms with Gasteiger partial charge in [0.2, 0.25) is 0 Å². The summed E-state index contributed by atoms with van der Waals surface area (Å²) in [5.41, 5.74) is 0.931. The lowest BCUT2D eigenvalue weighted by atomic mass is 10.2. The minimum absolute atomic E-state index is 0.195. The first-order valence-electron chi connectivity index (χ1n) is 4.44. The fourth-order valence-corrected chi connectivity index (χ4v) is 1.04. The lowest BCUT2D eigenvalue weighted by molar-refractivity contribution is 0.283. The topological polar surface area (TPSA) is 58.0 Å². The Labute approximate surface area is 78.0 Å². The first kappa shape index (κ1) is 10.1. The Kier molecular flexibility index (Phi) is 4.35. The molecule has 0 saturated heterocycles. The highest BCUT2D eigenvalue weighted by Crippen LogP contribution is 2.05. The molecule has 4 heteroatoms. The standard InChI is InChI=1S/C9H15N3O/c1-8(11-3-2-6-13)9-7-10-4-5-12-9/h4-5,7-8,11,13H,2-3,6H2,1H3. The Hall–Kier alpha value is -1.00. The van der Waals surface area contributed by atoms with Gasteiger partial charge in [-0.15, -0.1) is 0 Å². The monoisotopic (exact) mass is 181 g/mol. The van der Waals surface area contributed by atoms with Crippen molar-refractivity contribution in [2.45, 2.75) is 19.4 Å². The van der Waals surface area contributed by atoms with E-state index in [1.165, 1.54) is 0 Å². The molecule has 0 spiro atoms. The number of nitrogens with one attached hydrogen (secondary N) is 1. The van der Waals surface area contributed by atoms with Crippen LogP contribution in [0, 0.1) is 0 Å². The highest BCUT2D eigenvalue weighted by molar-refractivity contribution is 5.00. The summed E-state index contributed by atoms with van der Waals surface area (Å²) in [6.07, 6.45) is 5.85. The van der Waals surface area contributed by atoms with Crippen molar-refractivity contribution in [2.24, 2.45) is 0 Å². The van der Waals surface area contributed by atoms with Crippen molar-refractivity contribution in [3.8, 4) is 0 Å². The highest BCUT2D eigenvalue weighted by Gasteiger charge is 2.04. The maximum Gasteiger partial charge on any atom is 0.0753 e. The summed E-state index contributed by atoms with van der Waals surface area (Å²) >= 11 is 0. The van der Waals surface area contributed by atoms with Crippen molar-refractivity contribution in [3.63, 3.8) is 0 Å². The number of hydrogen-bond donors (Lipinski definition) is 2. The molecular formula is C9H15N3O. The molecule has 1 aromatic rings. The van der Waals surface area contributed by atoms with Gasteiger partial charge in [-0.25, -0.2) is 0 Å². The molecule has 2 N–H and O–H groups in total. The van der Waals surface area contributed by atoms with Crippen molar-refractivity contribution >= 4 is 0 Å². The molecule has 1 aromatic heterocycles. The van der Waals surface area contributed by atoms with Gasteiger partial charge in [0.05, 0.1) is 5.69 Å². The fourth-order valence-electron chi connectivity index (χ4n) is 1.04. The normalized spacial score (nSPS) is 12.8. The molecule has 0 saturated carbocycles. The van der Waals surface area contributed by atoms with Gasteiger partial charge in [-0.3, -0.25) is 9.97 Å². The molecule has 1 unspecified atom stereocenters. The Morgan fingerprint density at radius 1 is 1.54 bits per heavy atom. The zero-order valence-corrected chi connectivity index (χ0v) is 7.77. The van der Waals surface area contributed by atoms with Crippen LogP contribution in [0.1, 0.15) is 25.1 Å². The Morgan fingerprint density at radius 2 is 2.38 bits per heavy atom. The Balaban J connectivity index is 2.35. The first-order valence-corrected chi connectivity index (χ1v) is 4.44. The van der Waals surface area contributed by atoms with Crippen LogP contribution in [-0.2, 0) is 0 Å². The lowest BCUT2D eigenvalue weighted by Gasteiger charge is -2.11. The molecule has 0 radical (unpaired) electrons. The van der Waals surface area contributed by atoms with Crippen LogP contribution in [0.5, 0.6) is 0 Å². The average Bonchev–Trinajstić information content (AvgIpc) is 2.19. The molecule has 0 aliphatic rings. The molecule has 72 valence electrons. The van der Waals surface area contributed by atoms with Crippen LogP contribution >= 0.6 is 0 Å². The van der Waals surface area contributed by atoms with Crippen LogP contribution in [0.3, 0.4) is 0 Å². The molecular weight excluding hydrogens is 166 g/mol. The van der Waals surface area contributed by atoms with E-state index in [2.05, 4.69) is 15.3 Å². The van der Waals surface area contributed by atoms with E-state index < -0.39 is 0 Å². The van der Waals surface area contributed by atoms with Crippen LogP contribution < -0.4 is 5.32 Å². The van der Waals surface area contributed by atoms with Crippen molar-refractivity contribution in [3.05, 3.63) is 24.3 Å². The van der Waals surface area contributed by atoms with Crippen LogP contribution in [0.25, 0.3) is 0 Å². The molecule has 0 amide bonds. The summed E-state index contributed by atoms with van der Waals surface area (Å²) in [6.45, 7) is 3.05. The van der Waals surface area contributed by atoms with E-state index in [0.717, 1.165) is 18.7 Å². The van der Waals surface area contributed by atoms with Crippen molar-refractivity contribution < 1.29 is 5.11 Å². The number of aromatic nitrogens is 2. The van der Waals surface area contributed by atoms with Gasteiger partial charge in [0.15, 0.2) is 0 Å². The number of aliphatic hydroxyl groups excluding tert-OH is 1. The van der Waals surface area contributed by atoms with Crippen LogP contribution in [-0.4, -0.2) is 28.2 Å². The van der Waals surface area contributed by atoms with Crippen molar-refractivity contribution in [1.29, 1.82) is 0 Å². The second kappa shape index (κ2) is 5.61. The summed E-state index contributed by atoms with van der Waals surface area (Å²) in [5.74, 6) is 0. The molecule has 0 bridgehead atoms. The second-order valence-corrected chi connectivity index (χ2v) is 2.88. The van der Waals surface area contributed by atoms with Gasteiger partial charge in [-0.2, -0.15) is 0 Å². The molecule has 4 nitrogen and oxygen atoms in total. The number of aliphatic hydroxyl groups is 1. The van der Waals surface area contributed by atoms with E-state index in [4.69, 9.17) is 5.11 Å². The third-order valence-electron chi connectivity index (χ3n) is 1.81. The van der Waals surface area contributed by atoms with Gasteiger partial charge in [0.1, 0.15) is 0 Å². The minimum Gasteiger partial charge on any atom is -0.396 e. The molecule has 1 atom stereocenters. The largest absolute Gasteiger partial charge is 0.396 e. The van der Waals surface area contributed by atoms with Gasteiger partial charge in [0, 0.05) is 31.2 Å². The van der Waals surface area contributed by atoms with Gasteiger partial charge in [0.25, 0.3) is 0 Å². The zero-order valence-electron chi connectivity index (χ0n) is 7.77. The third kappa shape index (κ3) is 3.48. The van der Waals surface area contributed by atoms with Crippen LogP contribution in [0.2, 0.25) is 0 Å². The average molecular weight is 181 g/mol. The van der Waals surface area contributed by atoms with Crippen LogP contribution in [0.15, 0.2) is 18.6 Å². The quantitative estimate of drug-likeness (QED) is 0.650. The number of rotatable bonds is 5. The second-order valence-electron chi connectivity index (χ2n) is 2.88. The van der Waals surface area contributed by atoms with Gasteiger partial charge >= 0.3 is 0 Å². The summed E-state index contributed by atoms with van der Waals surface area (Å²) < 4.78 is 0. The van der Waals surface area contributed by atoms with Gasteiger partial charge in [-0.05, 0) is 19.9 Å². The summed E-state index contributed by atoms with van der Waals surface area (Å²) in [7, 11) is 0. The SMILES string of the molecule is CC(NCCCO)c1cnccn1. The van der Waals surface area contributed by atoms with Gasteiger partial charge < -0.3 is 10.4 Å². The van der Waals surface area contributed by atoms with E-state index in [1.807, 2.05) is 6.92 Å². The van der Waals surface area contributed by atoms with Gasteiger partial charge in [-0.1, -0.05) is 0 Å². The molecule has 1 rings (SSSR count). The summed E-state index contributed by atoms with van der Waals surface area (Å²) in [5, 5.41) is 11.8. The minimum atomic E-state index is 0.195. The zero-order chi connectivity index (χ0) is 9.52. The molecule has 0 fully saturated rings. The summed E-state index contributed by atoms with van der Waals surface area (Å²) in [4.78, 5) is 8.15. The fraction of sp³-hybridized carbons (Fsp3) is 0.556. The molecule has 13 heavy (non-hydrogen) atoms. The maximum absolute atomic E-state index is 8.58. The lowest BCUT2D eigenvalue weighted by Crippen LogP contribution is -2.21. The molecule has 0 aromatic carbocycles. The van der Waals surface area contributed by atoms with Crippen molar-refractivity contribution in [2.75, 3.05) is 13.2 Å². The third-order valence-corrected chi connectivity index (χ3v) is 1.81. The van der Waals surface area contributed by atoms with E-state index >= 15 is 0 Å². The highest BCUT2D eigenvalue weighted by atomic mass is 16.3. The first-order chi connectivity index (χ1) is 6.34. The predicted octanol–water partition coefficient (Wildman–Crippen LogP) is 0.510. The van der Waals surface area contributed by atoms with E-state index in [1.54, 1.807) is 18.6 Å². The Bertz CT molecular complexity index is 228. The smallest absolute Gasteiger partial charge is 0.0753 e. The number of hydrogen-bond acceptors (Lipinski definition) is 4. The molecule has 1 heterocycles. The number of nitrogens with zero attached hydrogens (tertiary/aromatic N) is 2. The summed E-state index contributed by atoms with van der Waals surface area (Å²) in [6, 6.07) is 0.195. The molecule has 0 aliphatic carbocycles. The maximum atomic E-state index is 8.58. The van der Waals surface area contributed by atoms with Crippen molar-refractivity contribution in [1.82, 2.24) is 15.3 Å². The van der Waals surface area contributed by atoms with E-state index in [9.17, 15) is 0 Å². The Morgan fingerprint density at radius 3 is 3.00 bits per heavy atom. The van der Waals surface area contributed by atoms with Crippen LogP contribution in [0.4, 0.5) is 0 Å². The molecule has 0 aliphatic heterocycles. The van der Waals surface area contributed by atoms with E-state index in [0.29, 0.717) is 0 Å². The predicted molar refractivity (Wildman–Crippen MR) is 50.2 cm³/mol.